The molecule has 4 rings (SSSR count). The molecular formula is C6H2N. The van der Waals surface area contributed by atoms with E-state index in [2.05, 4.69) is 17.0 Å². The predicted molar refractivity (Wildman–Crippen MR) is 27.1 cm³/mol. The van der Waals surface area contributed by atoms with Crippen LogP contribution in [0.15, 0.2) is 12.1 Å². The number of benzene rings is 1. The normalized spacial score (nSPS) is 16.3. The molecule has 3 aliphatic heterocycles. The first-order valence-electron chi connectivity index (χ1n) is 2.33. The van der Waals surface area contributed by atoms with Crippen LogP contribution in [0, 0.1) is 6.07 Å². The molecular weight excluding hydrogens is 86.1 g/mol. The topological polar surface area (TPSA) is 3.01 Å². The Morgan fingerprint density at radius 3 is 2.71 bits per heavy atom. The summed E-state index contributed by atoms with van der Waals surface area (Å²) in [5.74, 6) is 0. The van der Waals surface area contributed by atoms with Gasteiger partial charge in [0.2, 0.25) is 0 Å². The Labute approximate surface area is 41.2 Å². The Morgan fingerprint density at radius 1 is 1.57 bits per heavy atom. The van der Waals surface area contributed by atoms with Gasteiger partial charge >= 0.3 is 0 Å². The van der Waals surface area contributed by atoms with Crippen molar-refractivity contribution in [2.75, 3.05) is 4.90 Å². The fourth-order valence-electron chi connectivity index (χ4n) is 1.02. The van der Waals surface area contributed by atoms with E-state index in [4.69, 9.17) is 0 Å². The molecule has 0 spiro atoms. The van der Waals surface area contributed by atoms with Gasteiger partial charge in [0.25, 0.3) is 0 Å². The number of hydrogen-bond acceptors (Lipinski definition) is 1. The van der Waals surface area contributed by atoms with Crippen LogP contribution in [0.4, 0.5) is 17.1 Å². The molecule has 3 aliphatic rings. The highest BCUT2D eigenvalue weighted by atomic mass is 15.4. The summed E-state index contributed by atoms with van der Waals surface area (Å²) in [6.45, 7) is 0. The van der Waals surface area contributed by atoms with Crippen LogP contribution in [0.2, 0.25) is 0 Å². The van der Waals surface area contributed by atoms with Crippen LogP contribution in [0.5, 0.6) is 0 Å². The molecule has 31 valence electrons. The predicted octanol–water partition coefficient (Wildman–Crippen LogP) is 1.58. The van der Waals surface area contributed by atoms with Gasteiger partial charge in [0, 0.05) is 6.07 Å². The van der Waals surface area contributed by atoms with Crippen LogP contribution < -0.4 is 4.90 Å². The van der Waals surface area contributed by atoms with Crippen molar-refractivity contribution >= 4 is 17.1 Å². The highest BCUT2D eigenvalue weighted by molar-refractivity contribution is 6.24. The molecule has 1 aromatic rings. The van der Waals surface area contributed by atoms with E-state index >= 15 is 0 Å². The summed E-state index contributed by atoms with van der Waals surface area (Å²) in [6.07, 6.45) is 0. The van der Waals surface area contributed by atoms with Crippen molar-refractivity contribution in [3.8, 4) is 0 Å². The Bertz CT molecular complexity index is 221. The molecule has 1 nitrogen and oxygen atoms in total. The van der Waals surface area contributed by atoms with E-state index in [1.54, 1.807) is 0 Å². The third kappa shape index (κ3) is 0.104. The number of rotatable bonds is 0. The van der Waals surface area contributed by atoms with Gasteiger partial charge in [0.1, 0.15) is 0 Å². The first kappa shape index (κ1) is 2.36. The minimum atomic E-state index is 1.32. The van der Waals surface area contributed by atoms with Crippen LogP contribution in [-0.4, -0.2) is 0 Å². The number of fused-ring (bicyclic) bond motifs is 2. The van der Waals surface area contributed by atoms with E-state index in [0.29, 0.717) is 0 Å². The third-order valence-electron chi connectivity index (χ3n) is 1.52. The van der Waals surface area contributed by atoms with Gasteiger partial charge in [-0.25, -0.2) is 0 Å². The first-order chi connectivity index (χ1) is 3.48. The molecule has 7 heavy (non-hydrogen) atoms. The maximum Gasteiger partial charge on any atom is 0.0954 e. The largest absolute Gasteiger partial charge is 0.302 e. The van der Waals surface area contributed by atoms with Crippen molar-refractivity contribution in [2.45, 2.75) is 0 Å². The third-order valence-corrected chi connectivity index (χ3v) is 1.52. The van der Waals surface area contributed by atoms with Gasteiger partial charge in [-0.05, 0) is 12.1 Å². The molecule has 0 atom stereocenters. The Hall–Kier alpha value is -0.980. The molecule has 0 unspecified atom stereocenters. The lowest BCUT2D eigenvalue weighted by Crippen LogP contribution is -1.71. The SMILES string of the molecule is [c]1ccc2c3c1N23. The summed E-state index contributed by atoms with van der Waals surface area (Å²) < 4.78 is 0. The summed E-state index contributed by atoms with van der Waals surface area (Å²) in [4.78, 5) is 2.19. The molecule has 0 aliphatic carbocycles. The van der Waals surface area contributed by atoms with Crippen LogP contribution >= 0.6 is 0 Å². The fourth-order valence-corrected chi connectivity index (χ4v) is 1.02. The smallest absolute Gasteiger partial charge is 0.0954 e. The molecule has 1 heteroatoms. The molecule has 3 heterocycles. The Morgan fingerprint density at radius 2 is 2.43 bits per heavy atom. The molecule has 1 aromatic carbocycles. The molecule has 0 saturated heterocycles. The number of nitrogens with zero attached hydrogens (tertiary/aromatic N) is 1. The summed E-state index contributed by atoms with van der Waals surface area (Å²) in [5.41, 5.74) is 4.16. The van der Waals surface area contributed by atoms with Crippen molar-refractivity contribution in [3.63, 3.8) is 0 Å². The summed E-state index contributed by atoms with van der Waals surface area (Å²) in [6, 6.07) is 7.14. The highest BCUT2D eigenvalue weighted by Crippen LogP contribution is 2.73. The van der Waals surface area contributed by atoms with Crippen LogP contribution in [0.1, 0.15) is 0 Å². The second kappa shape index (κ2) is 0.413. The van der Waals surface area contributed by atoms with Gasteiger partial charge in [0.05, 0.1) is 17.1 Å². The van der Waals surface area contributed by atoms with Crippen molar-refractivity contribution in [3.05, 3.63) is 18.2 Å². The van der Waals surface area contributed by atoms with E-state index in [-0.39, 0.29) is 0 Å². The van der Waals surface area contributed by atoms with E-state index in [1.165, 1.54) is 17.1 Å². The number of hydrogen-bond donors (Lipinski definition) is 0. The van der Waals surface area contributed by atoms with Crippen molar-refractivity contribution in [1.82, 2.24) is 0 Å². The molecule has 1 radical (unpaired) electrons. The number of anilines is 3. The second-order valence-corrected chi connectivity index (χ2v) is 1.90. The monoisotopic (exact) mass is 88.0 g/mol. The van der Waals surface area contributed by atoms with Crippen molar-refractivity contribution < 1.29 is 0 Å². The van der Waals surface area contributed by atoms with Gasteiger partial charge in [-0.2, -0.15) is 0 Å². The van der Waals surface area contributed by atoms with Gasteiger partial charge in [-0.1, -0.05) is 0 Å². The minimum Gasteiger partial charge on any atom is -0.302 e. The maximum absolute atomic E-state index is 3.09. The first-order valence-corrected chi connectivity index (χ1v) is 2.33. The Kier molecular flexibility index (Phi) is 0.139. The minimum absolute atomic E-state index is 1.32. The molecule has 0 saturated carbocycles. The van der Waals surface area contributed by atoms with Gasteiger partial charge < -0.3 is 4.90 Å². The van der Waals surface area contributed by atoms with Crippen LogP contribution in [0.25, 0.3) is 0 Å². The molecule has 0 amide bonds. The zero-order valence-corrected chi connectivity index (χ0v) is 3.60. The average Bonchev–Trinajstić information content (AvgIpc) is 2.53. The summed E-state index contributed by atoms with van der Waals surface area (Å²) >= 11 is 0. The average molecular weight is 88.1 g/mol. The lowest BCUT2D eigenvalue weighted by atomic mass is 10.3. The molecule has 2 bridgehead atoms. The molecule has 0 fully saturated rings. The lowest BCUT2D eigenvalue weighted by molar-refractivity contribution is 1.63. The van der Waals surface area contributed by atoms with Gasteiger partial charge in [-0.15, -0.1) is 0 Å². The molecule has 0 N–H and O–H groups in total. The van der Waals surface area contributed by atoms with Crippen molar-refractivity contribution in [2.24, 2.45) is 0 Å². The summed E-state index contributed by atoms with van der Waals surface area (Å²) in [7, 11) is 0. The van der Waals surface area contributed by atoms with Gasteiger partial charge in [0.15, 0.2) is 0 Å². The van der Waals surface area contributed by atoms with Crippen molar-refractivity contribution in [1.29, 1.82) is 0 Å². The van der Waals surface area contributed by atoms with Crippen LogP contribution in [-0.2, 0) is 0 Å². The zero-order valence-electron chi connectivity index (χ0n) is 3.60. The standard InChI is InChI=1S/C6H2N/c1-2-4-6-5(3-1)7(4)6/h1-2H. The zero-order chi connectivity index (χ0) is 4.43. The van der Waals surface area contributed by atoms with E-state index < -0.39 is 0 Å². The molecule has 0 aromatic heterocycles. The summed E-state index contributed by atoms with van der Waals surface area (Å²) in [5, 5.41) is 0. The maximum atomic E-state index is 3.09. The highest BCUT2D eigenvalue weighted by Gasteiger charge is 2.49. The Balaban J connectivity index is 2.69. The van der Waals surface area contributed by atoms with E-state index in [1.807, 2.05) is 6.07 Å². The van der Waals surface area contributed by atoms with Gasteiger partial charge in [-0.3, -0.25) is 0 Å². The quantitative estimate of drug-likeness (QED) is 0.377. The van der Waals surface area contributed by atoms with E-state index in [9.17, 15) is 0 Å². The van der Waals surface area contributed by atoms with Crippen LogP contribution in [0.3, 0.4) is 0 Å². The lowest BCUT2D eigenvalue weighted by Gasteiger charge is -1.86. The fraction of sp³-hybridized carbons (Fsp3) is 0. The second-order valence-electron chi connectivity index (χ2n) is 1.90. The van der Waals surface area contributed by atoms with E-state index in [0.717, 1.165) is 0 Å².